The Bertz CT molecular complexity index is 1810. The molecule has 2 heteroatoms. The van der Waals surface area contributed by atoms with Crippen molar-refractivity contribution in [2.45, 2.75) is 0 Å². The summed E-state index contributed by atoms with van der Waals surface area (Å²) in [6.07, 6.45) is 1.89. The van der Waals surface area contributed by atoms with Crippen LogP contribution in [0.4, 0.5) is 0 Å². The van der Waals surface area contributed by atoms with Crippen LogP contribution in [0, 0.1) is 0 Å². The molecule has 5 aromatic carbocycles. The number of aromatic nitrogens is 1. The van der Waals surface area contributed by atoms with Gasteiger partial charge in [0.15, 0.2) is 0 Å². The molecular weight excluding hydrogens is 418 g/mol. The van der Waals surface area contributed by atoms with Crippen LogP contribution in [0.5, 0.6) is 0 Å². The minimum atomic E-state index is 1.06. The standard InChI is InChI=1S/C31H19NS/c1-2-8-20(9-3-1)23-12-5-15-26-29-25(14-6-16-27(29)33-31(23)26)24-13-4-10-21-17-18-22-11-7-19-32-30(22)28(21)24/h1-19H. The average Bonchev–Trinajstić information content (AvgIpc) is 3.28. The molecule has 1 nitrogen and oxygen atoms in total. The van der Waals surface area contributed by atoms with Crippen molar-refractivity contribution in [2.24, 2.45) is 0 Å². The molecule has 2 aromatic heterocycles. The number of pyridine rings is 1. The Morgan fingerprint density at radius 1 is 0.515 bits per heavy atom. The third kappa shape index (κ3) is 2.81. The monoisotopic (exact) mass is 437 g/mol. The second-order valence-electron chi connectivity index (χ2n) is 8.37. The van der Waals surface area contributed by atoms with E-state index in [1.165, 1.54) is 58.6 Å². The van der Waals surface area contributed by atoms with E-state index in [1.807, 2.05) is 23.6 Å². The number of thiophene rings is 1. The third-order valence-corrected chi connectivity index (χ3v) is 7.72. The van der Waals surface area contributed by atoms with Gasteiger partial charge in [-0.25, -0.2) is 0 Å². The van der Waals surface area contributed by atoms with Crippen LogP contribution in [0.2, 0.25) is 0 Å². The lowest BCUT2D eigenvalue weighted by atomic mass is 9.92. The zero-order valence-corrected chi connectivity index (χ0v) is 18.6. The molecule has 0 spiro atoms. The molecule has 0 saturated carbocycles. The van der Waals surface area contributed by atoms with E-state index in [4.69, 9.17) is 4.98 Å². The normalized spacial score (nSPS) is 11.6. The molecule has 0 aliphatic heterocycles. The number of rotatable bonds is 2. The first-order valence-electron chi connectivity index (χ1n) is 11.1. The van der Waals surface area contributed by atoms with Crippen molar-refractivity contribution in [3.8, 4) is 22.3 Å². The highest BCUT2D eigenvalue weighted by atomic mass is 32.1. The number of fused-ring (bicyclic) bond motifs is 6. The average molecular weight is 438 g/mol. The number of hydrogen-bond donors (Lipinski definition) is 0. The first kappa shape index (κ1) is 18.6. The molecule has 0 bridgehead atoms. The fraction of sp³-hybridized carbons (Fsp3) is 0. The fourth-order valence-electron chi connectivity index (χ4n) is 5.06. The summed E-state index contributed by atoms with van der Waals surface area (Å²) in [6, 6.07) is 39.2. The van der Waals surface area contributed by atoms with E-state index >= 15 is 0 Å². The molecule has 7 aromatic rings. The van der Waals surface area contributed by atoms with Gasteiger partial charge in [-0.05, 0) is 39.8 Å². The lowest BCUT2D eigenvalue weighted by Crippen LogP contribution is -1.87. The molecule has 7 rings (SSSR count). The van der Waals surface area contributed by atoms with E-state index in [2.05, 4.69) is 103 Å². The Morgan fingerprint density at radius 2 is 1.24 bits per heavy atom. The molecule has 0 amide bonds. The van der Waals surface area contributed by atoms with Gasteiger partial charge >= 0.3 is 0 Å². The molecule has 0 aliphatic rings. The molecule has 154 valence electrons. The summed E-state index contributed by atoms with van der Waals surface area (Å²) in [5.74, 6) is 0. The van der Waals surface area contributed by atoms with Crippen LogP contribution < -0.4 is 0 Å². The van der Waals surface area contributed by atoms with Gasteiger partial charge in [0.25, 0.3) is 0 Å². The van der Waals surface area contributed by atoms with Gasteiger partial charge in [-0.2, -0.15) is 0 Å². The molecule has 0 fully saturated rings. The molecule has 0 radical (unpaired) electrons. The Morgan fingerprint density at radius 3 is 2.15 bits per heavy atom. The van der Waals surface area contributed by atoms with Gasteiger partial charge in [-0.3, -0.25) is 4.98 Å². The molecule has 33 heavy (non-hydrogen) atoms. The molecule has 2 heterocycles. The third-order valence-electron chi connectivity index (χ3n) is 6.51. The minimum Gasteiger partial charge on any atom is -0.256 e. The van der Waals surface area contributed by atoms with Gasteiger partial charge in [-0.1, -0.05) is 97.1 Å². The molecular formula is C31H19NS. The smallest absolute Gasteiger partial charge is 0.0786 e. The topological polar surface area (TPSA) is 12.9 Å². The van der Waals surface area contributed by atoms with E-state index < -0.39 is 0 Å². The summed E-state index contributed by atoms with van der Waals surface area (Å²) in [7, 11) is 0. The van der Waals surface area contributed by atoms with E-state index in [0.717, 1.165) is 5.52 Å². The fourth-order valence-corrected chi connectivity index (χ4v) is 6.32. The minimum absolute atomic E-state index is 1.06. The summed E-state index contributed by atoms with van der Waals surface area (Å²) in [5.41, 5.74) is 6.13. The van der Waals surface area contributed by atoms with Crippen molar-refractivity contribution in [2.75, 3.05) is 0 Å². The van der Waals surface area contributed by atoms with Crippen LogP contribution in [0.25, 0.3) is 64.1 Å². The van der Waals surface area contributed by atoms with E-state index in [0.29, 0.717) is 0 Å². The second-order valence-corrected chi connectivity index (χ2v) is 9.43. The lowest BCUT2D eigenvalue weighted by Gasteiger charge is -2.11. The van der Waals surface area contributed by atoms with Crippen LogP contribution in [0.1, 0.15) is 0 Å². The van der Waals surface area contributed by atoms with Gasteiger partial charge < -0.3 is 0 Å². The van der Waals surface area contributed by atoms with E-state index in [9.17, 15) is 0 Å². The number of nitrogens with zero attached hydrogens (tertiary/aromatic N) is 1. The Labute approximate surface area is 195 Å². The predicted molar refractivity (Wildman–Crippen MR) is 143 cm³/mol. The predicted octanol–water partition coefficient (Wildman–Crippen LogP) is 9.09. The van der Waals surface area contributed by atoms with Gasteiger partial charge in [0.2, 0.25) is 0 Å². The van der Waals surface area contributed by atoms with Crippen molar-refractivity contribution in [1.82, 2.24) is 4.98 Å². The number of benzene rings is 5. The largest absolute Gasteiger partial charge is 0.256 e. The molecule has 0 aliphatic carbocycles. The molecule has 0 unspecified atom stereocenters. The van der Waals surface area contributed by atoms with Gasteiger partial charge in [-0.15, -0.1) is 11.3 Å². The van der Waals surface area contributed by atoms with Crippen LogP contribution in [-0.4, -0.2) is 4.98 Å². The molecule has 0 N–H and O–H groups in total. The van der Waals surface area contributed by atoms with Gasteiger partial charge in [0.1, 0.15) is 0 Å². The van der Waals surface area contributed by atoms with Crippen molar-refractivity contribution >= 4 is 53.2 Å². The quantitative estimate of drug-likeness (QED) is 0.246. The van der Waals surface area contributed by atoms with E-state index in [-0.39, 0.29) is 0 Å². The van der Waals surface area contributed by atoms with Crippen LogP contribution >= 0.6 is 11.3 Å². The lowest BCUT2D eigenvalue weighted by molar-refractivity contribution is 1.43. The Balaban J connectivity index is 1.60. The van der Waals surface area contributed by atoms with Crippen LogP contribution in [0.3, 0.4) is 0 Å². The first-order valence-corrected chi connectivity index (χ1v) is 12.0. The van der Waals surface area contributed by atoms with Gasteiger partial charge in [0, 0.05) is 37.1 Å². The zero-order chi connectivity index (χ0) is 21.8. The van der Waals surface area contributed by atoms with Crippen LogP contribution in [0.15, 0.2) is 115 Å². The summed E-state index contributed by atoms with van der Waals surface area (Å²) in [4.78, 5) is 4.78. The summed E-state index contributed by atoms with van der Waals surface area (Å²) in [5, 5.41) is 6.26. The van der Waals surface area contributed by atoms with Crippen molar-refractivity contribution in [3.63, 3.8) is 0 Å². The maximum Gasteiger partial charge on any atom is 0.0786 e. The van der Waals surface area contributed by atoms with Crippen molar-refractivity contribution in [1.29, 1.82) is 0 Å². The SMILES string of the molecule is c1ccc(-c2cccc3c2sc2cccc(-c4cccc5ccc6cccnc6c45)c23)cc1. The first-order chi connectivity index (χ1) is 16.4. The highest BCUT2D eigenvalue weighted by molar-refractivity contribution is 7.26. The maximum absolute atomic E-state index is 4.78. The summed E-state index contributed by atoms with van der Waals surface area (Å²) >= 11 is 1.89. The van der Waals surface area contributed by atoms with E-state index in [1.54, 1.807) is 0 Å². The van der Waals surface area contributed by atoms with Crippen molar-refractivity contribution < 1.29 is 0 Å². The Hall–Kier alpha value is -4.01. The summed E-state index contributed by atoms with van der Waals surface area (Å²) in [6.45, 7) is 0. The number of hydrogen-bond acceptors (Lipinski definition) is 2. The van der Waals surface area contributed by atoms with Gasteiger partial charge in [0.05, 0.1) is 5.52 Å². The highest BCUT2D eigenvalue weighted by Crippen LogP contribution is 2.45. The molecule has 0 saturated heterocycles. The summed E-state index contributed by atoms with van der Waals surface area (Å²) < 4.78 is 2.66. The molecule has 0 atom stereocenters. The zero-order valence-electron chi connectivity index (χ0n) is 17.8. The van der Waals surface area contributed by atoms with Crippen LogP contribution in [-0.2, 0) is 0 Å². The highest BCUT2D eigenvalue weighted by Gasteiger charge is 2.16. The Kier molecular flexibility index (Phi) is 4.08. The van der Waals surface area contributed by atoms with Crippen molar-refractivity contribution in [3.05, 3.63) is 115 Å². The second kappa shape index (κ2) is 7.26. The maximum atomic E-state index is 4.78.